The number of hydrogen-bond donors (Lipinski definition) is 1. The number of nitrogens with zero attached hydrogens (tertiary/aromatic N) is 8. The number of aromatic amines is 1. The van der Waals surface area contributed by atoms with Crippen molar-refractivity contribution in [2.75, 3.05) is 0 Å². The maximum Gasteiger partial charge on any atom is 0.329 e. The predicted molar refractivity (Wildman–Crippen MR) is 155 cm³/mol. The second-order valence-electron chi connectivity index (χ2n) is 11.2. The van der Waals surface area contributed by atoms with Gasteiger partial charge < -0.3 is 4.98 Å². The maximum atomic E-state index is 13.8. The van der Waals surface area contributed by atoms with Crippen molar-refractivity contribution in [3.63, 3.8) is 0 Å². The van der Waals surface area contributed by atoms with E-state index in [-0.39, 0.29) is 11.7 Å². The fourth-order valence-electron chi connectivity index (χ4n) is 6.71. The molecule has 0 unspecified atom stereocenters. The van der Waals surface area contributed by atoms with Gasteiger partial charge in [0, 0.05) is 56.3 Å². The summed E-state index contributed by atoms with van der Waals surface area (Å²) in [7, 11) is 5.70. The zero-order chi connectivity index (χ0) is 27.7. The van der Waals surface area contributed by atoms with E-state index in [0.29, 0.717) is 12.3 Å². The molecule has 0 radical (unpaired) electrons. The van der Waals surface area contributed by atoms with E-state index in [4.69, 9.17) is 4.98 Å². The molecule has 1 N–H and O–H groups in total. The highest BCUT2D eigenvalue weighted by atomic mass is 16.1. The van der Waals surface area contributed by atoms with Crippen LogP contribution in [0.4, 0.5) is 0 Å². The molecule has 0 saturated heterocycles. The Morgan fingerprint density at radius 1 is 1.10 bits per heavy atom. The van der Waals surface area contributed by atoms with Gasteiger partial charge in [-0.2, -0.15) is 15.5 Å². The number of pyridine rings is 1. The molecule has 1 aromatic carbocycles. The predicted octanol–water partition coefficient (Wildman–Crippen LogP) is 5.12. The van der Waals surface area contributed by atoms with Crippen LogP contribution in [-0.2, 0) is 21.1 Å². The summed E-state index contributed by atoms with van der Waals surface area (Å²) in [6, 6.07) is 8.78. The summed E-state index contributed by atoms with van der Waals surface area (Å²) in [6.07, 6.45) is 9.96. The zero-order valence-electron chi connectivity index (χ0n) is 23.1. The molecule has 1 aliphatic rings. The summed E-state index contributed by atoms with van der Waals surface area (Å²) in [5.74, 6) is 0.405. The minimum atomic E-state index is -0.0259. The quantitative estimate of drug-likeness (QED) is 0.338. The number of fused-ring (bicyclic) bond motifs is 4. The molecule has 202 valence electrons. The van der Waals surface area contributed by atoms with E-state index in [1.165, 1.54) is 0 Å². The first-order valence-electron chi connectivity index (χ1n) is 13.8. The Bertz CT molecular complexity index is 2030. The van der Waals surface area contributed by atoms with Crippen molar-refractivity contribution in [2.24, 2.45) is 27.1 Å². The highest BCUT2D eigenvalue weighted by molar-refractivity contribution is 6.14. The van der Waals surface area contributed by atoms with Crippen molar-refractivity contribution in [1.82, 2.24) is 38.7 Å². The zero-order valence-corrected chi connectivity index (χ0v) is 23.1. The average Bonchev–Trinajstić information content (AvgIpc) is 3.67. The van der Waals surface area contributed by atoms with E-state index in [9.17, 15) is 10.1 Å². The van der Waals surface area contributed by atoms with Gasteiger partial charge in [-0.05, 0) is 56.2 Å². The van der Waals surface area contributed by atoms with Crippen LogP contribution in [0.25, 0.3) is 55.4 Å². The average molecular weight is 534 g/mol. The Morgan fingerprint density at radius 3 is 2.62 bits per heavy atom. The lowest BCUT2D eigenvalue weighted by molar-refractivity contribution is 0.277. The van der Waals surface area contributed by atoms with Gasteiger partial charge in [0.05, 0.1) is 51.8 Å². The Hall–Kier alpha value is -4.65. The molecular formula is C30H31N9O. The van der Waals surface area contributed by atoms with Crippen molar-refractivity contribution in [3.8, 4) is 28.5 Å². The lowest BCUT2D eigenvalue weighted by Gasteiger charge is -2.28. The van der Waals surface area contributed by atoms with Gasteiger partial charge in [0.2, 0.25) is 0 Å². The van der Waals surface area contributed by atoms with Crippen LogP contribution in [0.3, 0.4) is 0 Å². The lowest BCUT2D eigenvalue weighted by Crippen LogP contribution is -2.28. The molecule has 0 bridgehead atoms. The van der Waals surface area contributed by atoms with E-state index in [1.807, 2.05) is 54.4 Å². The van der Waals surface area contributed by atoms with E-state index in [2.05, 4.69) is 39.4 Å². The van der Waals surface area contributed by atoms with Gasteiger partial charge in [-0.25, -0.2) is 9.78 Å². The molecule has 1 aliphatic carbocycles. The van der Waals surface area contributed by atoms with Crippen LogP contribution in [0.15, 0.2) is 41.6 Å². The smallest absolute Gasteiger partial charge is 0.329 e. The minimum absolute atomic E-state index is 0.0259. The number of rotatable bonds is 4. The number of hydrogen-bond acceptors (Lipinski definition) is 5. The Kier molecular flexibility index (Phi) is 5.46. The summed E-state index contributed by atoms with van der Waals surface area (Å²) in [4.78, 5) is 22.3. The molecule has 1 fully saturated rings. The lowest BCUT2D eigenvalue weighted by atomic mass is 9.84. The van der Waals surface area contributed by atoms with Crippen molar-refractivity contribution in [1.29, 1.82) is 5.26 Å². The van der Waals surface area contributed by atoms with Gasteiger partial charge in [0.15, 0.2) is 0 Å². The fraction of sp³-hybridized carbons (Fsp3) is 0.367. The molecule has 7 rings (SSSR count). The van der Waals surface area contributed by atoms with Crippen molar-refractivity contribution < 1.29 is 0 Å². The van der Waals surface area contributed by atoms with Crippen molar-refractivity contribution >= 4 is 33.0 Å². The molecule has 10 heteroatoms. The van der Waals surface area contributed by atoms with Crippen LogP contribution in [-0.4, -0.2) is 38.7 Å². The number of aryl methyl sites for hydroxylation is 4. The summed E-state index contributed by atoms with van der Waals surface area (Å²) in [5, 5.41) is 20.3. The van der Waals surface area contributed by atoms with E-state index in [1.54, 1.807) is 10.8 Å². The summed E-state index contributed by atoms with van der Waals surface area (Å²) in [6.45, 7) is 2.01. The maximum absolute atomic E-state index is 13.8. The minimum Gasteiger partial charge on any atom is -0.339 e. The molecule has 0 amide bonds. The Morgan fingerprint density at radius 2 is 1.90 bits per heavy atom. The summed E-state index contributed by atoms with van der Waals surface area (Å²) in [5.41, 5.74) is 8.37. The SMILES string of the molecule is Cc1nn(C)cc1-c1[nH]c2ncc3c(c2c1-c1ccc2c(cnn2C)c1)n(C1CCC(CC#N)CC1)c(=O)n3C. The third-order valence-corrected chi connectivity index (χ3v) is 8.75. The normalized spacial score (nSPS) is 17.8. The molecule has 0 aliphatic heterocycles. The molecule has 6 aromatic rings. The first-order valence-corrected chi connectivity index (χ1v) is 13.8. The van der Waals surface area contributed by atoms with Crippen LogP contribution in [0.5, 0.6) is 0 Å². The fourth-order valence-corrected chi connectivity index (χ4v) is 6.71. The molecule has 5 heterocycles. The number of nitrogens with one attached hydrogen (secondary N) is 1. The van der Waals surface area contributed by atoms with Crippen LogP contribution in [0.1, 0.15) is 43.8 Å². The number of imidazole rings is 1. The van der Waals surface area contributed by atoms with Crippen molar-refractivity contribution in [2.45, 2.75) is 45.1 Å². The van der Waals surface area contributed by atoms with Crippen LogP contribution in [0, 0.1) is 24.2 Å². The number of aromatic nitrogens is 8. The van der Waals surface area contributed by atoms with Gasteiger partial charge in [-0.15, -0.1) is 0 Å². The van der Waals surface area contributed by atoms with Gasteiger partial charge in [-0.3, -0.25) is 18.5 Å². The molecule has 40 heavy (non-hydrogen) atoms. The van der Waals surface area contributed by atoms with E-state index >= 15 is 0 Å². The second kappa shape index (κ2) is 8.95. The largest absolute Gasteiger partial charge is 0.339 e. The molecule has 0 spiro atoms. The van der Waals surface area contributed by atoms with Crippen molar-refractivity contribution in [3.05, 3.63) is 53.0 Å². The first kappa shape index (κ1) is 24.4. The van der Waals surface area contributed by atoms with Gasteiger partial charge in [0.25, 0.3) is 0 Å². The Balaban J connectivity index is 1.55. The van der Waals surface area contributed by atoms with E-state index < -0.39 is 0 Å². The third-order valence-electron chi connectivity index (χ3n) is 8.75. The van der Waals surface area contributed by atoms with Crippen LogP contribution in [0.2, 0.25) is 0 Å². The summed E-state index contributed by atoms with van der Waals surface area (Å²) >= 11 is 0. The molecule has 10 nitrogen and oxygen atoms in total. The third kappa shape index (κ3) is 3.54. The first-order chi connectivity index (χ1) is 19.4. The highest BCUT2D eigenvalue weighted by Crippen LogP contribution is 2.43. The van der Waals surface area contributed by atoms with E-state index in [0.717, 1.165) is 86.7 Å². The van der Waals surface area contributed by atoms with Gasteiger partial charge >= 0.3 is 5.69 Å². The number of nitriles is 1. The van der Waals surface area contributed by atoms with Crippen LogP contribution >= 0.6 is 0 Å². The second-order valence-corrected chi connectivity index (χ2v) is 11.2. The molecule has 0 atom stereocenters. The standard InChI is InChI=1S/C30H31N9O/c1-17-22(16-36(2)35-17)27-25(19-7-10-23-20(13-19)14-33-38(23)4)26-28-24(15-32-29(26)34-27)37(3)30(40)39(28)21-8-5-18(6-9-21)11-12-31/h7,10,13-16,18,21H,5-6,8-9,11H2,1-4H3,(H,32,34). The van der Waals surface area contributed by atoms with Gasteiger partial charge in [-0.1, -0.05) is 6.07 Å². The topological polar surface area (TPSA) is 115 Å². The molecule has 5 aromatic heterocycles. The van der Waals surface area contributed by atoms with Gasteiger partial charge in [0.1, 0.15) is 5.65 Å². The van der Waals surface area contributed by atoms with Crippen LogP contribution < -0.4 is 5.69 Å². The Labute approximate surface area is 230 Å². The number of benzene rings is 1. The summed E-state index contributed by atoms with van der Waals surface area (Å²) < 4.78 is 7.42. The molecular weight excluding hydrogens is 502 g/mol. The monoisotopic (exact) mass is 533 g/mol. The molecule has 1 saturated carbocycles. The highest BCUT2D eigenvalue weighted by Gasteiger charge is 2.29. The number of H-pyrrole nitrogens is 1.